The van der Waals surface area contributed by atoms with Gasteiger partial charge >= 0.3 is 0 Å². The summed E-state index contributed by atoms with van der Waals surface area (Å²) in [6.07, 6.45) is 2.50. The number of unbranched alkanes of at least 4 members (excludes halogenated alkanes) is 1. The van der Waals surface area contributed by atoms with Crippen molar-refractivity contribution in [2.75, 3.05) is 24.5 Å². The van der Waals surface area contributed by atoms with Crippen molar-refractivity contribution < 1.29 is 14.4 Å². The largest absolute Gasteiger partial charge is 0.354 e. The van der Waals surface area contributed by atoms with Crippen molar-refractivity contribution in [1.29, 1.82) is 0 Å². The molecule has 0 bridgehead atoms. The molecule has 3 amide bonds. The van der Waals surface area contributed by atoms with E-state index < -0.39 is 0 Å². The third-order valence-corrected chi connectivity index (χ3v) is 7.06. The van der Waals surface area contributed by atoms with Gasteiger partial charge in [0, 0.05) is 18.7 Å². The topological polar surface area (TPSA) is 69.7 Å². The number of nitrogens with zero attached hydrogens (tertiary/aromatic N) is 2. The number of thiocarbonyl (C=S) groups is 1. The van der Waals surface area contributed by atoms with Crippen LogP contribution >= 0.6 is 24.0 Å². The summed E-state index contributed by atoms with van der Waals surface area (Å²) in [6, 6.07) is 17.2. The van der Waals surface area contributed by atoms with E-state index >= 15 is 0 Å². The van der Waals surface area contributed by atoms with E-state index in [-0.39, 0.29) is 24.3 Å². The van der Waals surface area contributed by atoms with Crippen molar-refractivity contribution in [2.45, 2.75) is 26.2 Å². The van der Waals surface area contributed by atoms with Crippen molar-refractivity contribution >= 4 is 57.3 Å². The summed E-state index contributed by atoms with van der Waals surface area (Å²) in [5, 5.41) is 2.89. The number of hydrogen-bond donors (Lipinski definition) is 1. The Kier molecular flexibility index (Phi) is 7.25. The summed E-state index contributed by atoms with van der Waals surface area (Å²) < 4.78 is 0.471. The van der Waals surface area contributed by atoms with Gasteiger partial charge in [-0.15, -0.1) is 0 Å². The highest BCUT2D eigenvalue weighted by Crippen LogP contribution is 2.44. The van der Waals surface area contributed by atoms with Crippen molar-refractivity contribution in [3.05, 3.63) is 70.6 Å². The molecule has 2 aliphatic heterocycles. The zero-order chi connectivity index (χ0) is 23.4. The summed E-state index contributed by atoms with van der Waals surface area (Å²) >= 11 is 6.58. The summed E-state index contributed by atoms with van der Waals surface area (Å²) in [7, 11) is 0. The minimum Gasteiger partial charge on any atom is -0.354 e. The van der Waals surface area contributed by atoms with Gasteiger partial charge in [-0.2, -0.15) is 0 Å². The minimum absolute atomic E-state index is 0.107. The quantitative estimate of drug-likeness (QED) is 0.461. The van der Waals surface area contributed by atoms with E-state index in [0.29, 0.717) is 45.6 Å². The van der Waals surface area contributed by atoms with Crippen LogP contribution in [-0.2, 0) is 20.8 Å². The number of rotatable bonds is 8. The summed E-state index contributed by atoms with van der Waals surface area (Å²) in [5.41, 5.74) is 2.76. The van der Waals surface area contributed by atoms with Crippen LogP contribution in [0.3, 0.4) is 0 Å². The maximum atomic E-state index is 13.4. The number of nitrogens with one attached hydrogen (secondary N) is 1. The zero-order valence-corrected chi connectivity index (χ0v) is 20.0. The van der Waals surface area contributed by atoms with Crippen LogP contribution < -0.4 is 10.2 Å². The van der Waals surface area contributed by atoms with Gasteiger partial charge in [-0.25, -0.2) is 0 Å². The highest BCUT2D eigenvalue weighted by molar-refractivity contribution is 8.26. The van der Waals surface area contributed by atoms with Gasteiger partial charge in [0.2, 0.25) is 5.91 Å². The predicted molar refractivity (Wildman–Crippen MR) is 136 cm³/mol. The van der Waals surface area contributed by atoms with Crippen LogP contribution in [0.4, 0.5) is 5.69 Å². The Morgan fingerprint density at radius 1 is 1.00 bits per heavy atom. The second kappa shape index (κ2) is 10.3. The molecule has 1 saturated heterocycles. The molecule has 0 unspecified atom stereocenters. The lowest BCUT2D eigenvalue weighted by atomic mass is 10.1. The standard InChI is InChI=1S/C25H25N3O3S2/c1-2-3-15-27-24(31)22(33-25(27)32)21-18-11-7-8-12-19(18)28(23(21)30)16-20(29)26-14-13-17-9-5-4-6-10-17/h4-12H,2-3,13-16H2,1H3,(H,26,29). The smallest absolute Gasteiger partial charge is 0.267 e. The van der Waals surface area contributed by atoms with Crippen LogP contribution in [0.2, 0.25) is 0 Å². The molecule has 0 radical (unpaired) electrons. The van der Waals surface area contributed by atoms with E-state index in [1.54, 1.807) is 11.0 Å². The number of anilines is 1. The number of benzene rings is 2. The lowest BCUT2D eigenvalue weighted by Gasteiger charge is -2.17. The molecular weight excluding hydrogens is 454 g/mol. The normalized spacial score (nSPS) is 17.7. The fraction of sp³-hybridized carbons (Fsp3) is 0.280. The van der Waals surface area contributed by atoms with Gasteiger partial charge in [0.15, 0.2) is 0 Å². The van der Waals surface area contributed by atoms with Gasteiger partial charge in [0.05, 0.1) is 16.2 Å². The molecule has 2 aliphatic rings. The maximum absolute atomic E-state index is 13.4. The first kappa shape index (κ1) is 23.2. The predicted octanol–water partition coefficient (Wildman–Crippen LogP) is 3.76. The van der Waals surface area contributed by atoms with E-state index in [1.807, 2.05) is 48.5 Å². The van der Waals surface area contributed by atoms with Crippen molar-refractivity contribution in [3.63, 3.8) is 0 Å². The van der Waals surface area contributed by atoms with E-state index in [2.05, 4.69) is 12.2 Å². The molecule has 4 rings (SSSR count). The average molecular weight is 480 g/mol. The Labute approximate surface area is 203 Å². The van der Waals surface area contributed by atoms with Gasteiger partial charge in [-0.05, 0) is 24.5 Å². The number of thioether (sulfide) groups is 1. The molecule has 0 aliphatic carbocycles. The van der Waals surface area contributed by atoms with E-state index in [4.69, 9.17) is 12.2 Å². The van der Waals surface area contributed by atoms with E-state index in [0.717, 1.165) is 18.4 Å². The van der Waals surface area contributed by atoms with E-state index in [9.17, 15) is 14.4 Å². The molecule has 0 spiro atoms. The first-order valence-electron chi connectivity index (χ1n) is 11.0. The highest BCUT2D eigenvalue weighted by Gasteiger charge is 2.42. The van der Waals surface area contributed by atoms with Crippen LogP contribution in [0.5, 0.6) is 0 Å². The molecule has 0 saturated carbocycles. The highest BCUT2D eigenvalue weighted by atomic mass is 32.2. The molecule has 2 aromatic rings. The summed E-state index contributed by atoms with van der Waals surface area (Å²) in [4.78, 5) is 42.5. The first-order chi connectivity index (χ1) is 16.0. The molecular formula is C25H25N3O3S2. The molecule has 0 atom stereocenters. The first-order valence-corrected chi connectivity index (χ1v) is 12.2. The summed E-state index contributed by atoms with van der Waals surface area (Å²) in [5.74, 6) is -0.818. The molecule has 0 aromatic heterocycles. The van der Waals surface area contributed by atoms with Gasteiger partial charge in [-0.3, -0.25) is 24.2 Å². The Morgan fingerprint density at radius 2 is 1.73 bits per heavy atom. The average Bonchev–Trinajstić information content (AvgIpc) is 3.25. The van der Waals surface area contributed by atoms with Crippen LogP contribution in [-0.4, -0.2) is 46.6 Å². The van der Waals surface area contributed by atoms with Crippen LogP contribution in [0.1, 0.15) is 30.9 Å². The van der Waals surface area contributed by atoms with Gasteiger partial charge in [-0.1, -0.05) is 85.9 Å². The summed E-state index contributed by atoms with van der Waals surface area (Å²) in [6.45, 7) is 2.97. The Balaban J connectivity index is 1.51. The third-order valence-electron chi connectivity index (χ3n) is 5.62. The molecule has 6 nitrogen and oxygen atoms in total. The second-order valence-corrected chi connectivity index (χ2v) is 9.52. The molecule has 2 heterocycles. The van der Waals surface area contributed by atoms with Crippen molar-refractivity contribution in [1.82, 2.24) is 10.2 Å². The number of carbonyl (C=O) groups is 3. The second-order valence-electron chi connectivity index (χ2n) is 7.88. The fourth-order valence-electron chi connectivity index (χ4n) is 3.91. The van der Waals surface area contributed by atoms with E-state index in [1.165, 1.54) is 16.7 Å². The third kappa shape index (κ3) is 4.86. The number of hydrogen-bond acceptors (Lipinski definition) is 5. The molecule has 1 N–H and O–H groups in total. The number of para-hydroxylation sites is 1. The van der Waals surface area contributed by atoms with Gasteiger partial charge in [0.25, 0.3) is 11.8 Å². The number of amides is 3. The minimum atomic E-state index is -0.342. The monoisotopic (exact) mass is 479 g/mol. The maximum Gasteiger partial charge on any atom is 0.267 e. The fourth-order valence-corrected chi connectivity index (χ4v) is 5.29. The Bertz CT molecular complexity index is 1130. The molecule has 2 aromatic carbocycles. The van der Waals surface area contributed by atoms with Crippen molar-refractivity contribution in [3.8, 4) is 0 Å². The molecule has 170 valence electrons. The van der Waals surface area contributed by atoms with Crippen LogP contribution in [0.15, 0.2) is 59.5 Å². The van der Waals surface area contributed by atoms with Gasteiger partial charge < -0.3 is 5.32 Å². The molecule has 33 heavy (non-hydrogen) atoms. The lowest BCUT2D eigenvalue weighted by Crippen LogP contribution is -2.39. The molecule has 8 heteroatoms. The lowest BCUT2D eigenvalue weighted by molar-refractivity contribution is -0.122. The zero-order valence-electron chi connectivity index (χ0n) is 18.4. The number of fused-ring (bicyclic) bond motifs is 1. The van der Waals surface area contributed by atoms with Crippen molar-refractivity contribution in [2.24, 2.45) is 0 Å². The Hall–Kier alpha value is -2.97. The van der Waals surface area contributed by atoms with Crippen LogP contribution in [0, 0.1) is 0 Å². The number of carbonyl (C=O) groups excluding carboxylic acids is 3. The van der Waals surface area contributed by atoms with Gasteiger partial charge in [0.1, 0.15) is 10.9 Å². The van der Waals surface area contributed by atoms with Crippen LogP contribution in [0.25, 0.3) is 5.57 Å². The molecule has 1 fully saturated rings. The Morgan fingerprint density at radius 3 is 2.48 bits per heavy atom. The SMILES string of the molecule is CCCCN1C(=O)C(=C2C(=O)N(CC(=O)NCCc3ccccc3)c3ccccc32)SC1=S.